The summed E-state index contributed by atoms with van der Waals surface area (Å²) < 4.78 is 5.96. The van der Waals surface area contributed by atoms with Gasteiger partial charge in [-0.05, 0) is 56.9 Å². The van der Waals surface area contributed by atoms with Crippen LogP contribution >= 0.6 is 0 Å². The highest BCUT2D eigenvalue weighted by Crippen LogP contribution is 2.42. The summed E-state index contributed by atoms with van der Waals surface area (Å²) in [4.78, 5) is 30.3. The van der Waals surface area contributed by atoms with Gasteiger partial charge in [-0.1, -0.05) is 18.5 Å². The number of ketones is 2. The van der Waals surface area contributed by atoms with Crippen LogP contribution in [0, 0.1) is 20.8 Å². The van der Waals surface area contributed by atoms with E-state index < -0.39 is 0 Å². The first-order valence-electron chi connectivity index (χ1n) is 10.9. The molecule has 0 aliphatic heterocycles. The maximum absolute atomic E-state index is 13.1. The lowest BCUT2D eigenvalue weighted by atomic mass is 9.77. The molecule has 0 radical (unpaired) electrons. The van der Waals surface area contributed by atoms with Crippen LogP contribution in [0.25, 0.3) is 11.0 Å². The highest BCUT2D eigenvalue weighted by Gasteiger charge is 2.34. The molecule has 1 aliphatic carbocycles. The van der Waals surface area contributed by atoms with Crippen LogP contribution in [-0.4, -0.2) is 29.0 Å². The number of hydrogen-bond acceptors (Lipinski definition) is 6. The summed E-state index contributed by atoms with van der Waals surface area (Å²) >= 11 is 0. The molecule has 6 nitrogen and oxygen atoms in total. The number of nitrogens with zero attached hydrogens (tertiary/aromatic N) is 1. The number of carbonyl (C=O) groups excluding carboxylic acids is 2. The normalized spacial score (nSPS) is 17.5. The number of oxime groups is 1. The number of carbonyl (C=O) groups is 2. The second-order valence-corrected chi connectivity index (χ2v) is 8.25. The van der Waals surface area contributed by atoms with Crippen LogP contribution in [0.2, 0.25) is 0 Å². The van der Waals surface area contributed by atoms with Gasteiger partial charge < -0.3 is 14.4 Å². The Hall–Kier alpha value is -2.89. The molecule has 31 heavy (non-hydrogen) atoms. The number of Topliss-reactive ketones (excluding diaryl/α,β-unsaturated/α-hetero) is 2. The van der Waals surface area contributed by atoms with Gasteiger partial charge in [0.25, 0.3) is 0 Å². The van der Waals surface area contributed by atoms with Crippen molar-refractivity contribution in [2.75, 3.05) is 6.61 Å². The molecule has 6 heteroatoms. The Morgan fingerprint density at radius 2 is 1.90 bits per heavy atom. The largest absolute Gasteiger partial charge is 0.511 e. The number of benzene rings is 1. The number of aliphatic hydroxyl groups excluding tert-OH is 1. The van der Waals surface area contributed by atoms with Gasteiger partial charge in [0.1, 0.15) is 17.9 Å². The Bertz CT molecular complexity index is 1100. The molecule has 1 N–H and O–H groups in total. The fraction of sp³-hybridized carbons (Fsp3) is 0.480. The highest BCUT2D eigenvalue weighted by molar-refractivity contribution is 6.23. The van der Waals surface area contributed by atoms with Gasteiger partial charge in [-0.25, -0.2) is 0 Å². The minimum absolute atomic E-state index is 0.0391. The lowest BCUT2D eigenvalue weighted by molar-refractivity contribution is -0.116. The molecule has 166 valence electrons. The number of aliphatic hydroxyl groups is 1. The van der Waals surface area contributed by atoms with Crippen LogP contribution in [-0.2, 0) is 9.63 Å². The lowest BCUT2D eigenvalue weighted by Crippen LogP contribution is -2.24. The summed E-state index contributed by atoms with van der Waals surface area (Å²) in [6, 6.07) is 1.78. The Kier molecular flexibility index (Phi) is 6.68. The number of fused-ring (bicyclic) bond motifs is 1. The van der Waals surface area contributed by atoms with Crippen molar-refractivity contribution < 1.29 is 24.0 Å². The van der Waals surface area contributed by atoms with Crippen molar-refractivity contribution in [1.82, 2.24) is 0 Å². The van der Waals surface area contributed by atoms with E-state index in [9.17, 15) is 14.7 Å². The van der Waals surface area contributed by atoms with E-state index in [2.05, 4.69) is 5.16 Å². The van der Waals surface area contributed by atoms with Crippen molar-refractivity contribution in [3.05, 3.63) is 45.4 Å². The molecular formula is C25H31NO5. The van der Waals surface area contributed by atoms with E-state index in [1.807, 2.05) is 34.6 Å². The summed E-state index contributed by atoms with van der Waals surface area (Å²) in [6.07, 6.45) is 1.90. The van der Waals surface area contributed by atoms with Gasteiger partial charge in [-0.2, -0.15) is 0 Å². The van der Waals surface area contributed by atoms with Gasteiger partial charge in [-0.15, -0.1) is 0 Å². The smallest absolute Gasteiger partial charge is 0.194 e. The third kappa shape index (κ3) is 4.16. The first kappa shape index (κ1) is 22.8. The quantitative estimate of drug-likeness (QED) is 0.333. The van der Waals surface area contributed by atoms with E-state index in [1.54, 1.807) is 6.07 Å². The van der Waals surface area contributed by atoms with Crippen molar-refractivity contribution in [1.29, 1.82) is 0 Å². The topological polar surface area (TPSA) is 89.1 Å². The second kappa shape index (κ2) is 9.08. The van der Waals surface area contributed by atoms with Crippen molar-refractivity contribution >= 4 is 28.2 Å². The number of allylic oxidation sites excluding steroid dienone is 2. The van der Waals surface area contributed by atoms with Crippen molar-refractivity contribution in [3.8, 4) is 0 Å². The number of furan rings is 1. The van der Waals surface area contributed by atoms with Crippen LogP contribution in [0.15, 0.2) is 27.0 Å². The van der Waals surface area contributed by atoms with E-state index in [-0.39, 0.29) is 35.2 Å². The predicted octanol–water partition coefficient (Wildman–Crippen LogP) is 6.01. The number of rotatable bonds is 7. The molecule has 1 aliphatic rings. The van der Waals surface area contributed by atoms with Gasteiger partial charge in [-0.3, -0.25) is 9.59 Å². The van der Waals surface area contributed by atoms with E-state index in [0.29, 0.717) is 36.5 Å². The zero-order valence-electron chi connectivity index (χ0n) is 19.2. The Balaban J connectivity index is 2.12. The third-order valence-corrected chi connectivity index (χ3v) is 6.18. The molecule has 0 bridgehead atoms. The summed E-state index contributed by atoms with van der Waals surface area (Å²) in [5.74, 6) is -0.181. The van der Waals surface area contributed by atoms with Crippen molar-refractivity contribution in [3.63, 3.8) is 0 Å². The summed E-state index contributed by atoms with van der Waals surface area (Å²) in [5.41, 5.74) is 5.51. The predicted molar refractivity (Wildman–Crippen MR) is 121 cm³/mol. The van der Waals surface area contributed by atoms with Gasteiger partial charge >= 0.3 is 0 Å². The first-order valence-corrected chi connectivity index (χ1v) is 10.9. The zero-order chi connectivity index (χ0) is 22.9. The van der Waals surface area contributed by atoms with E-state index in [0.717, 1.165) is 34.1 Å². The van der Waals surface area contributed by atoms with Crippen LogP contribution in [0.4, 0.5) is 0 Å². The molecule has 0 spiro atoms. The van der Waals surface area contributed by atoms with E-state index >= 15 is 0 Å². The maximum atomic E-state index is 13.1. The fourth-order valence-corrected chi connectivity index (χ4v) is 4.41. The SMILES string of the molecule is CCC/C(=N\OCC)C1=C(O)CC(c2c(C)c(C)c(C)c3cc(C(C)=O)oc23)CC1=O. The van der Waals surface area contributed by atoms with Gasteiger partial charge in [0.05, 0.1) is 11.3 Å². The number of hydrogen-bond donors (Lipinski definition) is 1. The molecule has 0 saturated heterocycles. The van der Waals surface area contributed by atoms with E-state index in [4.69, 9.17) is 9.25 Å². The van der Waals surface area contributed by atoms with Gasteiger partial charge in [0.15, 0.2) is 17.3 Å². The van der Waals surface area contributed by atoms with Crippen LogP contribution in [0.3, 0.4) is 0 Å². The number of aryl methyl sites for hydroxylation is 1. The molecule has 1 aromatic heterocycles. The van der Waals surface area contributed by atoms with Crippen LogP contribution in [0.1, 0.15) is 85.2 Å². The lowest BCUT2D eigenvalue weighted by Gasteiger charge is -2.26. The Morgan fingerprint density at radius 3 is 2.48 bits per heavy atom. The highest BCUT2D eigenvalue weighted by atomic mass is 16.6. The summed E-state index contributed by atoms with van der Waals surface area (Å²) in [7, 11) is 0. The third-order valence-electron chi connectivity index (χ3n) is 6.18. The first-order chi connectivity index (χ1) is 14.7. The summed E-state index contributed by atoms with van der Waals surface area (Å²) in [5, 5.41) is 15.9. The molecule has 1 heterocycles. The summed E-state index contributed by atoms with van der Waals surface area (Å²) in [6.45, 7) is 11.7. The standard InChI is InChI=1S/C25H31NO5/c1-7-9-19(26-30-8-2)24-20(28)10-17(11-21(24)29)23-15(5)13(3)14(4)18-12-22(16(6)27)31-25(18)23/h12,17,28H,7-11H2,1-6H3/b26-19+. The molecule has 1 unspecified atom stereocenters. The Labute approximate surface area is 182 Å². The van der Waals surface area contributed by atoms with Gasteiger partial charge in [0.2, 0.25) is 0 Å². The monoisotopic (exact) mass is 425 g/mol. The maximum Gasteiger partial charge on any atom is 0.194 e. The van der Waals surface area contributed by atoms with Crippen LogP contribution < -0.4 is 0 Å². The average molecular weight is 426 g/mol. The molecule has 1 aromatic carbocycles. The minimum Gasteiger partial charge on any atom is -0.511 e. The van der Waals surface area contributed by atoms with Crippen LogP contribution in [0.5, 0.6) is 0 Å². The molecular weight excluding hydrogens is 394 g/mol. The average Bonchev–Trinajstić information content (AvgIpc) is 3.15. The molecule has 2 aromatic rings. The second-order valence-electron chi connectivity index (χ2n) is 8.25. The fourth-order valence-electron chi connectivity index (χ4n) is 4.41. The van der Waals surface area contributed by atoms with Crippen molar-refractivity contribution in [2.24, 2.45) is 5.16 Å². The minimum atomic E-state index is -0.237. The molecule has 0 fully saturated rings. The molecule has 0 amide bonds. The Morgan fingerprint density at radius 1 is 1.19 bits per heavy atom. The molecule has 1 atom stereocenters. The van der Waals surface area contributed by atoms with E-state index in [1.165, 1.54) is 6.92 Å². The molecule has 3 rings (SSSR count). The molecule has 0 saturated carbocycles. The van der Waals surface area contributed by atoms with Crippen molar-refractivity contribution in [2.45, 2.75) is 73.1 Å². The van der Waals surface area contributed by atoms with Gasteiger partial charge in [0, 0.05) is 36.6 Å². The zero-order valence-corrected chi connectivity index (χ0v) is 19.2.